The lowest BCUT2D eigenvalue weighted by atomic mass is 9.99. The quantitative estimate of drug-likeness (QED) is 0.818. The molecule has 3 N–H and O–H groups in total. The van der Waals surface area contributed by atoms with E-state index < -0.39 is 29.6 Å². The molecular formula is C15H27FN2O2SSi. The molecule has 1 rings (SSSR count). The van der Waals surface area contributed by atoms with Gasteiger partial charge in [0.25, 0.3) is 0 Å². The van der Waals surface area contributed by atoms with Gasteiger partial charge in [-0.2, -0.15) is 0 Å². The maximum absolute atomic E-state index is 13.8. The summed E-state index contributed by atoms with van der Waals surface area (Å²) in [7, 11) is -5.48. The van der Waals surface area contributed by atoms with Crippen LogP contribution in [-0.4, -0.2) is 17.6 Å². The molecule has 0 aliphatic heterocycles. The molecule has 0 aliphatic rings. The zero-order valence-electron chi connectivity index (χ0n) is 14.4. The summed E-state index contributed by atoms with van der Waals surface area (Å²) in [4.78, 5) is 0.120. The topological polar surface area (TPSA) is 75.7 Å². The van der Waals surface area contributed by atoms with Crippen LogP contribution in [0.1, 0.15) is 40.2 Å². The SMILES string of the molecule is CC(C)(O)c1cc(F)cc(S(N)(=O)=N[Si](C)(C)C(C)(C)C)c1. The molecule has 0 radical (unpaired) electrons. The molecule has 22 heavy (non-hydrogen) atoms. The van der Waals surface area contributed by atoms with Gasteiger partial charge in [-0.25, -0.2) is 13.7 Å². The van der Waals surface area contributed by atoms with Crippen molar-refractivity contribution in [2.75, 3.05) is 0 Å². The average Bonchev–Trinajstić information content (AvgIpc) is 2.23. The van der Waals surface area contributed by atoms with E-state index in [0.29, 0.717) is 5.56 Å². The Hall–Kier alpha value is -0.763. The summed E-state index contributed by atoms with van der Waals surface area (Å²) in [6, 6.07) is 3.82. The molecule has 0 amide bonds. The Bertz CT molecular complexity index is 682. The number of nitrogens with two attached hydrogens (primary N) is 1. The minimum absolute atomic E-state index is 0.120. The van der Waals surface area contributed by atoms with Gasteiger partial charge < -0.3 is 5.11 Å². The molecule has 0 bridgehead atoms. The van der Waals surface area contributed by atoms with Crippen LogP contribution in [0, 0.1) is 5.82 Å². The van der Waals surface area contributed by atoms with Gasteiger partial charge in [0.15, 0.2) is 8.24 Å². The molecular weight excluding hydrogens is 319 g/mol. The summed E-state index contributed by atoms with van der Waals surface area (Å²) < 4.78 is 31.2. The van der Waals surface area contributed by atoms with Gasteiger partial charge in [-0.15, -0.1) is 0 Å². The minimum atomic E-state index is -3.22. The van der Waals surface area contributed by atoms with Crippen LogP contribution in [-0.2, 0) is 15.5 Å². The molecule has 1 atom stereocenters. The van der Waals surface area contributed by atoms with E-state index in [1.807, 2.05) is 33.9 Å². The van der Waals surface area contributed by atoms with Crippen LogP contribution in [0.4, 0.5) is 4.39 Å². The zero-order valence-corrected chi connectivity index (χ0v) is 16.2. The van der Waals surface area contributed by atoms with Gasteiger partial charge in [0.1, 0.15) is 15.7 Å². The Kier molecular flexibility index (Phi) is 5.00. The van der Waals surface area contributed by atoms with Crippen LogP contribution >= 0.6 is 0 Å². The highest BCUT2D eigenvalue weighted by molar-refractivity contribution is 7.92. The van der Waals surface area contributed by atoms with Gasteiger partial charge in [0.05, 0.1) is 10.5 Å². The highest BCUT2D eigenvalue weighted by Gasteiger charge is 2.37. The first-order valence-electron chi connectivity index (χ1n) is 7.16. The molecule has 7 heteroatoms. The van der Waals surface area contributed by atoms with Gasteiger partial charge in [-0.05, 0) is 55.7 Å². The summed E-state index contributed by atoms with van der Waals surface area (Å²) in [6.45, 7) is 13.1. The van der Waals surface area contributed by atoms with E-state index in [0.717, 1.165) is 6.07 Å². The van der Waals surface area contributed by atoms with E-state index in [1.165, 1.54) is 26.0 Å². The summed E-state index contributed by atoms with van der Waals surface area (Å²) in [5.74, 6) is -0.585. The number of aliphatic hydroxyl groups is 1. The van der Waals surface area contributed by atoms with Crippen molar-refractivity contribution >= 4 is 18.2 Å². The van der Waals surface area contributed by atoms with E-state index in [2.05, 4.69) is 4.03 Å². The Morgan fingerprint density at radius 2 is 1.68 bits per heavy atom. The molecule has 4 nitrogen and oxygen atoms in total. The van der Waals surface area contributed by atoms with Crippen LogP contribution in [0.2, 0.25) is 18.1 Å². The number of hydrogen-bond donors (Lipinski definition) is 2. The first-order chi connectivity index (χ1) is 9.56. The van der Waals surface area contributed by atoms with Crippen molar-refractivity contribution < 1.29 is 13.7 Å². The highest BCUT2D eigenvalue weighted by Crippen LogP contribution is 2.38. The highest BCUT2D eigenvalue weighted by atomic mass is 32.2. The van der Waals surface area contributed by atoms with Gasteiger partial charge >= 0.3 is 0 Å². The number of benzene rings is 1. The summed E-state index contributed by atoms with van der Waals surface area (Å²) in [5, 5.41) is 15.9. The molecule has 1 aromatic rings. The van der Waals surface area contributed by atoms with E-state index in [4.69, 9.17) is 5.14 Å². The molecule has 0 aliphatic carbocycles. The number of rotatable bonds is 3. The van der Waals surface area contributed by atoms with Crippen LogP contribution in [0.25, 0.3) is 0 Å². The fourth-order valence-electron chi connectivity index (χ4n) is 1.61. The summed E-state index contributed by atoms with van der Waals surface area (Å²) in [6.07, 6.45) is 0. The second-order valence-corrected chi connectivity index (χ2v) is 14.7. The third kappa shape index (κ3) is 4.38. The molecule has 1 aromatic carbocycles. The zero-order chi connectivity index (χ0) is 17.6. The Labute approximate surface area is 134 Å². The van der Waals surface area contributed by atoms with Gasteiger partial charge in [0, 0.05) is 0 Å². The molecule has 0 saturated heterocycles. The van der Waals surface area contributed by atoms with E-state index in [9.17, 15) is 13.7 Å². The van der Waals surface area contributed by atoms with E-state index in [-0.39, 0.29) is 9.93 Å². The van der Waals surface area contributed by atoms with Crippen molar-refractivity contribution in [2.45, 2.75) is 63.2 Å². The van der Waals surface area contributed by atoms with Gasteiger partial charge in [-0.3, -0.25) is 4.03 Å². The van der Waals surface area contributed by atoms with Crippen molar-refractivity contribution in [1.82, 2.24) is 0 Å². The number of nitrogens with zero attached hydrogens (tertiary/aromatic N) is 1. The van der Waals surface area contributed by atoms with Crippen molar-refractivity contribution in [3.63, 3.8) is 0 Å². The molecule has 126 valence electrons. The molecule has 0 saturated carbocycles. The van der Waals surface area contributed by atoms with E-state index >= 15 is 0 Å². The summed E-state index contributed by atoms with van der Waals surface area (Å²) in [5.41, 5.74) is -0.922. The maximum atomic E-state index is 13.8. The maximum Gasteiger partial charge on any atom is 0.195 e. The van der Waals surface area contributed by atoms with E-state index in [1.54, 1.807) is 0 Å². The second kappa shape index (κ2) is 5.70. The normalized spacial score (nSPS) is 16.3. The molecule has 0 aromatic heterocycles. The predicted octanol–water partition coefficient (Wildman–Crippen LogP) is 3.76. The summed E-state index contributed by atoms with van der Waals surface area (Å²) >= 11 is 0. The standard InChI is InChI=1S/C15H27FN2O2SSi/c1-14(2,3)22(6,7)18-21(17,20)13-9-11(15(4,5)19)8-12(16)10-13/h8-10,19H,1-7H3,(H2,17,18,20). The minimum Gasteiger partial charge on any atom is -0.386 e. The molecule has 0 spiro atoms. The van der Waals surface area contributed by atoms with Crippen LogP contribution in [0.3, 0.4) is 0 Å². The predicted molar refractivity (Wildman–Crippen MR) is 91.9 cm³/mol. The Morgan fingerprint density at radius 3 is 2.09 bits per heavy atom. The van der Waals surface area contributed by atoms with Crippen LogP contribution in [0.15, 0.2) is 27.1 Å². The lowest BCUT2D eigenvalue weighted by Crippen LogP contribution is -2.37. The monoisotopic (exact) mass is 346 g/mol. The Morgan fingerprint density at radius 1 is 1.18 bits per heavy atom. The number of halogens is 1. The molecule has 0 heterocycles. The first-order valence-corrected chi connectivity index (χ1v) is 11.7. The van der Waals surface area contributed by atoms with Crippen LogP contribution < -0.4 is 5.14 Å². The second-order valence-electron chi connectivity index (χ2n) is 7.70. The van der Waals surface area contributed by atoms with Crippen molar-refractivity contribution in [1.29, 1.82) is 0 Å². The Balaban J connectivity index is 3.54. The third-order valence-corrected chi connectivity index (χ3v) is 11.6. The van der Waals surface area contributed by atoms with Gasteiger partial charge in [0.2, 0.25) is 0 Å². The van der Waals surface area contributed by atoms with Crippen molar-refractivity contribution in [2.24, 2.45) is 9.17 Å². The fourth-order valence-corrected chi connectivity index (χ4v) is 6.42. The number of hydrogen-bond acceptors (Lipinski definition) is 3. The fraction of sp³-hybridized carbons (Fsp3) is 0.600. The van der Waals surface area contributed by atoms with Crippen molar-refractivity contribution in [3.05, 3.63) is 29.6 Å². The average molecular weight is 347 g/mol. The van der Waals surface area contributed by atoms with Crippen molar-refractivity contribution in [3.8, 4) is 0 Å². The van der Waals surface area contributed by atoms with Crippen LogP contribution in [0.5, 0.6) is 0 Å². The lowest BCUT2D eigenvalue weighted by molar-refractivity contribution is 0.0780. The lowest BCUT2D eigenvalue weighted by Gasteiger charge is -2.32. The largest absolute Gasteiger partial charge is 0.386 e. The third-order valence-electron chi connectivity index (χ3n) is 4.11. The molecule has 1 unspecified atom stereocenters. The molecule has 0 fully saturated rings. The first kappa shape index (κ1) is 19.3. The smallest absolute Gasteiger partial charge is 0.195 e. The van der Waals surface area contributed by atoms with Gasteiger partial charge in [-0.1, -0.05) is 20.8 Å².